The molecule has 19 heavy (non-hydrogen) atoms. The first-order chi connectivity index (χ1) is 9.03. The van der Waals surface area contributed by atoms with Gasteiger partial charge < -0.3 is 5.32 Å². The van der Waals surface area contributed by atoms with E-state index in [4.69, 9.17) is 0 Å². The van der Waals surface area contributed by atoms with Gasteiger partial charge in [0.25, 0.3) is 0 Å². The second kappa shape index (κ2) is 5.61. The Morgan fingerprint density at radius 3 is 2.84 bits per heavy atom. The van der Waals surface area contributed by atoms with Crippen LogP contribution in [0.1, 0.15) is 12.5 Å². The number of hydrogen-bond acceptors (Lipinski definition) is 3. The minimum absolute atomic E-state index is 0.00920. The molecule has 0 fully saturated rings. The van der Waals surface area contributed by atoms with Crippen LogP contribution >= 0.6 is 0 Å². The average Bonchev–Trinajstić information content (AvgIpc) is 2.82. The molecule has 0 saturated carbocycles. The molecule has 6 heteroatoms. The maximum atomic E-state index is 12.0. The molecule has 0 unspecified atom stereocenters. The molecule has 1 heterocycles. The summed E-state index contributed by atoms with van der Waals surface area (Å²) in [5.41, 5.74) is 2.07. The molecular weight excluding hydrogens is 264 g/mol. The van der Waals surface area contributed by atoms with Crippen LogP contribution in [0.3, 0.4) is 0 Å². The molecule has 2 amide bonds. The molecule has 104 valence electrons. The minimum Gasteiger partial charge on any atom is -0.337 e. The molecule has 1 N–H and O–H groups in total. The number of nitrogens with one attached hydrogen (secondary N) is 1. The predicted octanol–water partition coefficient (Wildman–Crippen LogP) is 1.19. The lowest BCUT2D eigenvalue weighted by Crippen LogP contribution is -2.41. The van der Waals surface area contributed by atoms with Gasteiger partial charge in [0.2, 0.25) is 0 Å². The molecule has 2 rings (SSSR count). The van der Waals surface area contributed by atoms with Gasteiger partial charge in [-0.25, -0.2) is 13.2 Å². The van der Waals surface area contributed by atoms with E-state index >= 15 is 0 Å². The minimum atomic E-state index is -3.03. The molecule has 0 radical (unpaired) electrons. The summed E-state index contributed by atoms with van der Waals surface area (Å²) >= 11 is 0. The van der Waals surface area contributed by atoms with Crippen molar-refractivity contribution in [1.29, 1.82) is 0 Å². The molecule has 1 aromatic rings. The van der Waals surface area contributed by atoms with E-state index < -0.39 is 9.84 Å². The SMILES string of the molecule is CCS(=O)(=O)CCNC(=O)N1CCc2ccccc21. The Balaban J connectivity index is 1.92. The van der Waals surface area contributed by atoms with Gasteiger partial charge in [-0.05, 0) is 18.1 Å². The molecule has 0 aromatic heterocycles. The molecule has 0 spiro atoms. The lowest BCUT2D eigenvalue weighted by atomic mass is 10.2. The number of amides is 2. The average molecular weight is 282 g/mol. The molecule has 1 aromatic carbocycles. The Labute approximate surface area is 113 Å². The first kappa shape index (κ1) is 13.9. The normalized spacial score (nSPS) is 14.3. The third-order valence-corrected chi connectivity index (χ3v) is 4.97. The van der Waals surface area contributed by atoms with Gasteiger partial charge in [-0.15, -0.1) is 0 Å². The van der Waals surface area contributed by atoms with Crippen molar-refractivity contribution in [2.24, 2.45) is 0 Å². The summed E-state index contributed by atoms with van der Waals surface area (Å²) in [7, 11) is -3.03. The van der Waals surface area contributed by atoms with E-state index in [0.29, 0.717) is 6.54 Å². The smallest absolute Gasteiger partial charge is 0.321 e. The molecule has 1 aliphatic heterocycles. The van der Waals surface area contributed by atoms with Crippen LogP contribution in [0.25, 0.3) is 0 Å². The van der Waals surface area contributed by atoms with Gasteiger partial charge in [0, 0.05) is 24.5 Å². The summed E-state index contributed by atoms with van der Waals surface area (Å²) in [5.74, 6) is 0.0974. The van der Waals surface area contributed by atoms with Gasteiger partial charge in [0.1, 0.15) is 0 Å². The van der Waals surface area contributed by atoms with E-state index in [9.17, 15) is 13.2 Å². The van der Waals surface area contributed by atoms with Gasteiger partial charge >= 0.3 is 6.03 Å². The molecule has 0 saturated heterocycles. The van der Waals surface area contributed by atoms with E-state index in [2.05, 4.69) is 5.32 Å². The fourth-order valence-corrected chi connectivity index (χ4v) is 2.80. The van der Waals surface area contributed by atoms with Crippen LogP contribution in [0.2, 0.25) is 0 Å². The number of anilines is 1. The van der Waals surface area contributed by atoms with Crippen molar-refractivity contribution in [2.45, 2.75) is 13.3 Å². The van der Waals surface area contributed by atoms with Crippen molar-refractivity contribution in [3.63, 3.8) is 0 Å². The number of fused-ring (bicyclic) bond motifs is 1. The van der Waals surface area contributed by atoms with Crippen molar-refractivity contribution < 1.29 is 13.2 Å². The molecule has 1 aliphatic rings. The van der Waals surface area contributed by atoms with Crippen LogP contribution in [-0.2, 0) is 16.3 Å². The Bertz CT molecular complexity index is 569. The molecule has 0 atom stereocenters. The number of urea groups is 1. The Kier molecular flexibility index (Phi) is 4.09. The van der Waals surface area contributed by atoms with Crippen LogP contribution < -0.4 is 10.2 Å². The number of carbonyl (C=O) groups is 1. The van der Waals surface area contributed by atoms with Gasteiger partial charge in [0.05, 0.1) is 5.75 Å². The third-order valence-electron chi connectivity index (χ3n) is 3.26. The summed E-state index contributed by atoms with van der Waals surface area (Å²) in [5, 5.41) is 2.66. The predicted molar refractivity (Wildman–Crippen MR) is 75.2 cm³/mol. The van der Waals surface area contributed by atoms with Crippen molar-refractivity contribution in [1.82, 2.24) is 5.32 Å². The van der Waals surface area contributed by atoms with Crippen LogP contribution in [0.4, 0.5) is 10.5 Å². The van der Waals surface area contributed by atoms with Gasteiger partial charge in [0.15, 0.2) is 9.84 Å². The molecule has 5 nitrogen and oxygen atoms in total. The fourth-order valence-electron chi connectivity index (χ4n) is 2.10. The standard InChI is InChI=1S/C13H18N2O3S/c1-2-19(17,18)10-8-14-13(16)15-9-7-11-5-3-4-6-12(11)15/h3-6H,2,7-10H2,1H3,(H,14,16). The van der Waals surface area contributed by atoms with Crippen molar-refractivity contribution >= 4 is 21.6 Å². The second-order valence-electron chi connectivity index (χ2n) is 4.50. The molecule has 0 aliphatic carbocycles. The van der Waals surface area contributed by atoms with E-state index in [1.807, 2.05) is 24.3 Å². The van der Waals surface area contributed by atoms with Gasteiger partial charge in [-0.2, -0.15) is 0 Å². The van der Waals surface area contributed by atoms with Crippen molar-refractivity contribution in [3.8, 4) is 0 Å². The number of nitrogens with zero attached hydrogens (tertiary/aromatic N) is 1. The first-order valence-electron chi connectivity index (χ1n) is 6.37. The largest absolute Gasteiger partial charge is 0.337 e. The zero-order valence-electron chi connectivity index (χ0n) is 10.9. The summed E-state index contributed by atoms with van der Waals surface area (Å²) in [6.07, 6.45) is 0.844. The van der Waals surface area contributed by atoms with Crippen LogP contribution in [0.5, 0.6) is 0 Å². The number of sulfone groups is 1. The molecule has 0 bridgehead atoms. The highest BCUT2D eigenvalue weighted by Gasteiger charge is 2.23. The number of carbonyl (C=O) groups excluding carboxylic acids is 1. The Morgan fingerprint density at radius 2 is 2.11 bits per heavy atom. The zero-order valence-corrected chi connectivity index (χ0v) is 11.7. The van der Waals surface area contributed by atoms with Gasteiger partial charge in [-0.3, -0.25) is 4.90 Å². The van der Waals surface area contributed by atoms with Gasteiger partial charge in [-0.1, -0.05) is 25.1 Å². The lowest BCUT2D eigenvalue weighted by molar-refractivity contribution is 0.247. The number of rotatable bonds is 4. The fraction of sp³-hybridized carbons (Fsp3) is 0.462. The lowest BCUT2D eigenvalue weighted by Gasteiger charge is -2.17. The maximum absolute atomic E-state index is 12.0. The van der Waals surface area contributed by atoms with E-state index in [-0.39, 0.29) is 24.1 Å². The number of benzene rings is 1. The topological polar surface area (TPSA) is 66.5 Å². The van der Waals surface area contributed by atoms with Crippen molar-refractivity contribution in [2.75, 3.05) is 29.5 Å². The zero-order chi connectivity index (χ0) is 13.9. The van der Waals surface area contributed by atoms with Crippen molar-refractivity contribution in [3.05, 3.63) is 29.8 Å². The number of para-hydroxylation sites is 1. The Hall–Kier alpha value is -1.56. The number of hydrogen-bond donors (Lipinski definition) is 1. The summed E-state index contributed by atoms with van der Waals surface area (Å²) in [6.45, 7) is 2.41. The summed E-state index contributed by atoms with van der Waals surface area (Å²) < 4.78 is 22.7. The molecular formula is C13H18N2O3S. The third kappa shape index (κ3) is 3.26. The van der Waals surface area contributed by atoms with E-state index in [0.717, 1.165) is 17.7 Å². The highest BCUT2D eigenvalue weighted by atomic mass is 32.2. The Morgan fingerprint density at radius 1 is 1.37 bits per heavy atom. The summed E-state index contributed by atoms with van der Waals surface area (Å²) in [6, 6.07) is 7.53. The van der Waals surface area contributed by atoms with Crippen LogP contribution in [0, 0.1) is 0 Å². The quantitative estimate of drug-likeness (QED) is 0.902. The van der Waals surface area contributed by atoms with E-state index in [1.165, 1.54) is 0 Å². The van der Waals surface area contributed by atoms with Crippen LogP contribution in [0.15, 0.2) is 24.3 Å². The maximum Gasteiger partial charge on any atom is 0.321 e. The van der Waals surface area contributed by atoms with E-state index in [1.54, 1.807) is 11.8 Å². The summed E-state index contributed by atoms with van der Waals surface area (Å²) in [4.78, 5) is 13.7. The highest BCUT2D eigenvalue weighted by molar-refractivity contribution is 7.91. The van der Waals surface area contributed by atoms with Crippen LogP contribution in [-0.4, -0.2) is 39.0 Å². The highest BCUT2D eigenvalue weighted by Crippen LogP contribution is 2.27. The second-order valence-corrected chi connectivity index (χ2v) is 6.97. The first-order valence-corrected chi connectivity index (χ1v) is 8.19. The monoisotopic (exact) mass is 282 g/mol.